The van der Waals surface area contributed by atoms with Gasteiger partial charge in [0.1, 0.15) is 0 Å². The summed E-state index contributed by atoms with van der Waals surface area (Å²) in [5.41, 5.74) is 6.89. The fourth-order valence-corrected chi connectivity index (χ4v) is 3.22. The van der Waals surface area contributed by atoms with Gasteiger partial charge in [-0.1, -0.05) is 0 Å². The van der Waals surface area contributed by atoms with E-state index in [1.54, 1.807) is 31.2 Å². The molecule has 1 aromatic rings. The molecule has 24 heavy (non-hydrogen) atoms. The van der Waals surface area contributed by atoms with Gasteiger partial charge in [-0.3, -0.25) is 4.79 Å². The van der Waals surface area contributed by atoms with Crippen LogP contribution in [-0.4, -0.2) is 56.6 Å². The van der Waals surface area contributed by atoms with Gasteiger partial charge in [0.15, 0.2) is 0 Å². The molecular formula is C14H20F2N4O3S. The smallest absolute Gasteiger partial charge is 0.350 e. The highest BCUT2D eigenvalue weighted by Crippen LogP contribution is 2.21. The van der Waals surface area contributed by atoms with Crippen molar-refractivity contribution in [2.75, 3.05) is 36.4 Å². The van der Waals surface area contributed by atoms with Crippen molar-refractivity contribution < 1.29 is 22.0 Å². The number of nitrogens with zero attached hydrogens (tertiary/aromatic N) is 2. The first-order chi connectivity index (χ1) is 11.2. The molecule has 1 saturated heterocycles. The van der Waals surface area contributed by atoms with Gasteiger partial charge in [0.05, 0.1) is 6.04 Å². The number of amides is 1. The van der Waals surface area contributed by atoms with Crippen molar-refractivity contribution in [3.63, 3.8) is 0 Å². The van der Waals surface area contributed by atoms with E-state index < -0.39 is 21.8 Å². The van der Waals surface area contributed by atoms with Crippen molar-refractivity contribution in [1.82, 2.24) is 4.31 Å². The van der Waals surface area contributed by atoms with Crippen molar-refractivity contribution in [2.45, 2.75) is 18.7 Å². The molecule has 1 aromatic carbocycles. The van der Waals surface area contributed by atoms with E-state index >= 15 is 0 Å². The van der Waals surface area contributed by atoms with Crippen LogP contribution in [0.2, 0.25) is 0 Å². The average Bonchev–Trinajstić information content (AvgIpc) is 2.55. The fraction of sp³-hybridized carbons (Fsp3) is 0.500. The van der Waals surface area contributed by atoms with E-state index in [0.717, 1.165) is 9.99 Å². The summed E-state index contributed by atoms with van der Waals surface area (Å²) in [6.07, 6.45) is 0. The molecule has 1 amide bonds. The molecule has 2 rings (SSSR count). The molecule has 0 saturated carbocycles. The Morgan fingerprint density at radius 3 is 2.17 bits per heavy atom. The molecule has 1 fully saturated rings. The number of rotatable bonds is 5. The summed E-state index contributed by atoms with van der Waals surface area (Å²) < 4.78 is 48.8. The number of carbonyl (C=O) groups excluding carboxylic acids is 1. The first-order valence-electron chi connectivity index (χ1n) is 7.40. The number of nitrogens with one attached hydrogen (secondary N) is 1. The van der Waals surface area contributed by atoms with Gasteiger partial charge < -0.3 is 16.0 Å². The Balaban J connectivity index is 1.96. The maximum absolute atomic E-state index is 12.5. The summed E-state index contributed by atoms with van der Waals surface area (Å²) in [5.74, 6) is -3.69. The number of carbonyl (C=O) groups is 1. The molecule has 0 aromatic heterocycles. The summed E-state index contributed by atoms with van der Waals surface area (Å²) in [7, 11) is -4.52. The Hall–Kier alpha value is -1.78. The molecular weight excluding hydrogens is 342 g/mol. The van der Waals surface area contributed by atoms with Crippen LogP contribution >= 0.6 is 0 Å². The lowest BCUT2D eigenvalue weighted by Gasteiger charge is -2.35. The molecule has 1 aliphatic rings. The van der Waals surface area contributed by atoms with Gasteiger partial charge in [-0.2, -0.15) is 13.1 Å². The molecule has 134 valence electrons. The molecule has 1 heterocycles. The lowest BCUT2D eigenvalue weighted by atomic mass is 10.2. The number of hydrogen-bond donors (Lipinski definition) is 2. The van der Waals surface area contributed by atoms with Crippen molar-refractivity contribution in [1.29, 1.82) is 0 Å². The largest absolute Gasteiger partial charge is 0.369 e. The number of hydrogen-bond acceptors (Lipinski definition) is 5. The standard InChI is InChI=1S/C14H20F2N4O3S/c1-10(17)13(21)18-11-2-4-12(5-3-11)19-6-8-20(9-7-19)24(22,23)14(15)16/h2-5,10,14H,6-9,17H2,1H3,(H,18,21)/t10-/m0/s1. The minimum atomic E-state index is -4.52. The summed E-state index contributed by atoms with van der Waals surface area (Å²) in [6.45, 7) is 2.23. The average molecular weight is 362 g/mol. The number of sulfonamides is 1. The van der Waals surface area contributed by atoms with Gasteiger partial charge >= 0.3 is 5.76 Å². The van der Waals surface area contributed by atoms with Crippen molar-refractivity contribution >= 4 is 27.3 Å². The zero-order chi connectivity index (χ0) is 17.9. The highest BCUT2D eigenvalue weighted by atomic mass is 32.2. The van der Waals surface area contributed by atoms with Gasteiger partial charge in [-0.05, 0) is 31.2 Å². The van der Waals surface area contributed by atoms with Gasteiger partial charge in [0, 0.05) is 37.6 Å². The molecule has 0 radical (unpaired) electrons. The van der Waals surface area contributed by atoms with Crippen LogP contribution in [0.25, 0.3) is 0 Å². The number of nitrogens with two attached hydrogens (primary N) is 1. The third-order valence-electron chi connectivity index (χ3n) is 3.74. The second-order valence-corrected chi connectivity index (χ2v) is 7.42. The Labute approximate surface area is 139 Å². The number of alkyl halides is 2. The summed E-state index contributed by atoms with van der Waals surface area (Å²) in [6, 6.07) is 6.34. The lowest BCUT2D eigenvalue weighted by Crippen LogP contribution is -2.50. The first-order valence-corrected chi connectivity index (χ1v) is 8.90. The maximum Gasteiger partial charge on any atom is 0.350 e. The van der Waals surface area contributed by atoms with Gasteiger partial charge in [-0.25, -0.2) is 8.42 Å². The minimum absolute atomic E-state index is 0.00977. The first kappa shape index (κ1) is 18.6. The Morgan fingerprint density at radius 2 is 1.71 bits per heavy atom. The van der Waals surface area contributed by atoms with E-state index in [1.165, 1.54) is 0 Å². The Bertz CT molecular complexity index is 672. The minimum Gasteiger partial charge on any atom is -0.369 e. The SMILES string of the molecule is C[C@H](N)C(=O)Nc1ccc(N2CCN(S(=O)(=O)C(F)F)CC2)cc1. The van der Waals surface area contributed by atoms with Crippen molar-refractivity contribution in [3.8, 4) is 0 Å². The molecule has 0 unspecified atom stereocenters. The van der Waals surface area contributed by atoms with Crippen molar-refractivity contribution in [3.05, 3.63) is 24.3 Å². The number of anilines is 2. The van der Waals surface area contributed by atoms with Crippen LogP contribution in [0.3, 0.4) is 0 Å². The zero-order valence-electron chi connectivity index (χ0n) is 13.2. The number of halogens is 2. The molecule has 10 heteroatoms. The van der Waals surface area contributed by atoms with Gasteiger partial charge in [0.25, 0.3) is 10.0 Å². The molecule has 0 bridgehead atoms. The van der Waals surface area contributed by atoms with E-state index in [2.05, 4.69) is 5.32 Å². The van der Waals surface area contributed by atoms with Crippen molar-refractivity contribution in [2.24, 2.45) is 5.73 Å². The third-order valence-corrected chi connectivity index (χ3v) is 5.27. The third kappa shape index (κ3) is 4.19. The number of piperazine rings is 1. The monoisotopic (exact) mass is 362 g/mol. The lowest BCUT2D eigenvalue weighted by molar-refractivity contribution is -0.117. The molecule has 0 aliphatic carbocycles. The van der Waals surface area contributed by atoms with Gasteiger partial charge in [-0.15, -0.1) is 0 Å². The zero-order valence-corrected chi connectivity index (χ0v) is 14.0. The topological polar surface area (TPSA) is 95.7 Å². The summed E-state index contributed by atoms with van der Waals surface area (Å²) in [5, 5.41) is 2.66. The van der Waals surface area contributed by atoms with E-state index in [-0.39, 0.29) is 19.0 Å². The second-order valence-electron chi connectivity index (χ2n) is 5.52. The molecule has 0 spiro atoms. The number of benzene rings is 1. The highest BCUT2D eigenvalue weighted by molar-refractivity contribution is 7.89. The van der Waals surface area contributed by atoms with E-state index in [0.29, 0.717) is 18.8 Å². The van der Waals surface area contributed by atoms with E-state index in [1.807, 2.05) is 4.90 Å². The van der Waals surface area contributed by atoms with Crippen LogP contribution in [0.1, 0.15) is 6.92 Å². The Kier molecular flexibility index (Phi) is 5.73. The van der Waals surface area contributed by atoms with Crippen LogP contribution < -0.4 is 16.0 Å². The quantitative estimate of drug-likeness (QED) is 0.802. The molecule has 1 atom stereocenters. The summed E-state index contributed by atoms with van der Waals surface area (Å²) in [4.78, 5) is 13.4. The maximum atomic E-state index is 12.5. The Morgan fingerprint density at radius 1 is 1.17 bits per heavy atom. The van der Waals surface area contributed by atoms with Crippen LogP contribution in [-0.2, 0) is 14.8 Å². The molecule has 7 nitrogen and oxygen atoms in total. The van der Waals surface area contributed by atoms with E-state index in [4.69, 9.17) is 5.73 Å². The summed E-state index contributed by atoms with van der Waals surface area (Å²) >= 11 is 0. The fourth-order valence-electron chi connectivity index (χ4n) is 2.33. The van der Waals surface area contributed by atoms with Crippen LogP contribution in [0.4, 0.5) is 20.2 Å². The highest BCUT2D eigenvalue weighted by Gasteiger charge is 2.34. The second kappa shape index (κ2) is 7.41. The van der Waals surface area contributed by atoms with Gasteiger partial charge in [0.2, 0.25) is 5.91 Å². The van der Waals surface area contributed by atoms with Crippen LogP contribution in [0.15, 0.2) is 24.3 Å². The van der Waals surface area contributed by atoms with Crippen LogP contribution in [0.5, 0.6) is 0 Å². The predicted octanol–water partition coefficient (Wildman–Crippen LogP) is 0.647. The van der Waals surface area contributed by atoms with E-state index in [9.17, 15) is 22.0 Å². The predicted molar refractivity (Wildman–Crippen MR) is 87.4 cm³/mol. The molecule has 3 N–H and O–H groups in total. The normalized spacial score (nSPS) is 17.8. The molecule has 1 aliphatic heterocycles. The van der Waals surface area contributed by atoms with Crippen LogP contribution in [0, 0.1) is 0 Å².